The summed E-state index contributed by atoms with van der Waals surface area (Å²) in [5.41, 5.74) is 12.1. The summed E-state index contributed by atoms with van der Waals surface area (Å²) >= 11 is 0. The molecule has 3 nitrogen and oxygen atoms in total. The molecule has 0 aliphatic rings. The molecule has 0 spiro atoms. The number of rotatable bonds is 5. The third kappa shape index (κ3) is 2.44. The first-order valence-corrected chi connectivity index (χ1v) is 5.13. The fourth-order valence-electron chi connectivity index (χ4n) is 1.66. The lowest BCUT2D eigenvalue weighted by atomic mass is 9.87. The molecule has 0 amide bonds. The van der Waals surface area contributed by atoms with E-state index in [4.69, 9.17) is 11.5 Å². The maximum absolute atomic E-state index is 10.5. The minimum Gasteiger partial charge on any atom is -0.397 e. The van der Waals surface area contributed by atoms with Gasteiger partial charge in [-0.1, -0.05) is 18.2 Å². The van der Waals surface area contributed by atoms with Gasteiger partial charge in [0.05, 0.1) is 17.0 Å². The zero-order valence-electron chi connectivity index (χ0n) is 9.32. The molecule has 0 bridgehead atoms. The van der Waals surface area contributed by atoms with Crippen LogP contribution in [0.4, 0.5) is 11.4 Å². The molecule has 1 rings (SSSR count). The van der Waals surface area contributed by atoms with Crippen LogP contribution in [0.5, 0.6) is 0 Å². The van der Waals surface area contributed by atoms with E-state index in [1.54, 1.807) is 30.4 Å². The SMILES string of the molecule is C=CCC(O)(CC=C)c1ccc(N)c(N)c1. The fraction of sp³-hybridized carbons (Fsp3) is 0.231. The number of anilines is 2. The van der Waals surface area contributed by atoms with Crippen LogP contribution in [0.2, 0.25) is 0 Å². The van der Waals surface area contributed by atoms with Crippen LogP contribution >= 0.6 is 0 Å². The summed E-state index contributed by atoms with van der Waals surface area (Å²) in [7, 11) is 0. The molecule has 0 fully saturated rings. The van der Waals surface area contributed by atoms with E-state index in [9.17, 15) is 5.11 Å². The van der Waals surface area contributed by atoms with Crippen LogP contribution in [0.15, 0.2) is 43.5 Å². The van der Waals surface area contributed by atoms with Gasteiger partial charge in [0.25, 0.3) is 0 Å². The van der Waals surface area contributed by atoms with Gasteiger partial charge in [0.1, 0.15) is 0 Å². The molecule has 0 aliphatic heterocycles. The molecule has 1 aromatic rings. The largest absolute Gasteiger partial charge is 0.397 e. The zero-order valence-corrected chi connectivity index (χ0v) is 9.32. The van der Waals surface area contributed by atoms with Gasteiger partial charge in [-0.2, -0.15) is 0 Å². The van der Waals surface area contributed by atoms with E-state index >= 15 is 0 Å². The van der Waals surface area contributed by atoms with Gasteiger partial charge in [-0.15, -0.1) is 13.2 Å². The third-order valence-corrected chi connectivity index (χ3v) is 2.59. The Labute approximate surface area is 96.1 Å². The van der Waals surface area contributed by atoms with Crippen molar-refractivity contribution in [3.8, 4) is 0 Å². The van der Waals surface area contributed by atoms with Crippen molar-refractivity contribution in [3.63, 3.8) is 0 Å². The molecule has 1 aromatic carbocycles. The second kappa shape index (κ2) is 4.86. The molecule has 0 unspecified atom stereocenters. The standard InChI is InChI=1S/C13H18N2O/c1-3-7-13(16,8-4-2)10-5-6-11(14)12(15)9-10/h3-6,9,16H,1-2,7-8,14-15H2. The predicted molar refractivity (Wildman–Crippen MR) is 68.8 cm³/mol. The quantitative estimate of drug-likeness (QED) is 0.524. The van der Waals surface area contributed by atoms with Gasteiger partial charge in [-0.3, -0.25) is 0 Å². The summed E-state index contributed by atoms with van der Waals surface area (Å²) in [5.74, 6) is 0. The Balaban J connectivity index is 3.14. The highest BCUT2D eigenvalue weighted by Crippen LogP contribution is 2.32. The first-order valence-electron chi connectivity index (χ1n) is 5.13. The zero-order chi connectivity index (χ0) is 12.2. The predicted octanol–water partition coefficient (Wildman–Crippen LogP) is 2.19. The minimum atomic E-state index is -0.995. The maximum Gasteiger partial charge on any atom is 0.0965 e. The smallest absolute Gasteiger partial charge is 0.0965 e. The van der Waals surface area contributed by atoms with Crippen molar-refractivity contribution < 1.29 is 5.11 Å². The number of aliphatic hydroxyl groups is 1. The summed E-state index contributed by atoms with van der Waals surface area (Å²) in [5, 5.41) is 10.5. The van der Waals surface area contributed by atoms with E-state index in [2.05, 4.69) is 13.2 Å². The highest BCUT2D eigenvalue weighted by Gasteiger charge is 2.26. The minimum absolute atomic E-state index is 0.447. The van der Waals surface area contributed by atoms with E-state index in [0.29, 0.717) is 24.2 Å². The lowest BCUT2D eigenvalue weighted by Gasteiger charge is -2.26. The Morgan fingerprint density at radius 3 is 2.12 bits per heavy atom. The molecule has 0 aromatic heterocycles. The normalized spacial score (nSPS) is 11.1. The average molecular weight is 218 g/mol. The second-order valence-corrected chi connectivity index (χ2v) is 3.86. The number of nitrogens with two attached hydrogens (primary N) is 2. The molecule has 86 valence electrons. The van der Waals surface area contributed by atoms with Crippen LogP contribution in [-0.2, 0) is 5.60 Å². The summed E-state index contributed by atoms with van der Waals surface area (Å²) in [4.78, 5) is 0. The second-order valence-electron chi connectivity index (χ2n) is 3.86. The molecule has 0 saturated heterocycles. The molecule has 0 atom stereocenters. The number of benzene rings is 1. The number of hydrogen-bond donors (Lipinski definition) is 3. The van der Waals surface area contributed by atoms with Crippen molar-refractivity contribution in [2.45, 2.75) is 18.4 Å². The van der Waals surface area contributed by atoms with Gasteiger partial charge < -0.3 is 16.6 Å². The molecular weight excluding hydrogens is 200 g/mol. The Bertz CT molecular complexity index is 389. The summed E-state index contributed by atoms with van der Waals surface area (Å²) < 4.78 is 0. The molecule has 0 radical (unpaired) electrons. The van der Waals surface area contributed by atoms with Gasteiger partial charge in [-0.05, 0) is 30.5 Å². The van der Waals surface area contributed by atoms with Crippen molar-refractivity contribution >= 4 is 11.4 Å². The van der Waals surface area contributed by atoms with E-state index in [-0.39, 0.29) is 0 Å². The summed E-state index contributed by atoms with van der Waals surface area (Å²) in [6.45, 7) is 7.29. The summed E-state index contributed by atoms with van der Waals surface area (Å²) in [6.07, 6.45) is 4.25. The highest BCUT2D eigenvalue weighted by molar-refractivity contribution is 5.64. The van der Waals surface area contributed by atoms with Gasteiger partial charge in [0.15, 0.2) is 0 Å². The Hall–Kier alpha value is -1.74. The topological polar surface area (TPSA) is 72.3 Å². The van der Waals surface area contributed by atoms with Crippen LogP contribution < -0.4 is 11.5 Å². The lowest BCUT2D eigenvalue weighted by molar-refractivity contribution is 0.0430. The van der Waals surface area contributed by atoms with Crippen LogP contribution in [-0.4, -0.2) is 5.11 Å². The van der Waals surface area contributed by atoms with Crippen LogP contribution in [0, 0.1) is 0 Å². The Morgan fingerprint density at radius 2 is 1.69 bits per heavy atom. The maximum atomic E-state index is 10.5. The van der Waals surface area contributed by atoms with Crippen molar-refractivity contribution in [3.05, 3.63) is 49.1 Å². The highest BCUT2D eigenvalue weighted by atomic mass is 16.3. The van der Waals surface area contributed by atoms with Crippen LogP contribution in [0.3, 0.4) is 0 Å². The third-order valence-electron chi connectivity index (χ3n) is 2.59. The van der Waals surface area contributed by atoms with E-state index in [1.165, 1.54) is 0 Å². The number of nitrogen functional groups attached to an aromatic ring is 2. The fourth-order valence-corrected chi connectivity index (χ4v) is 1.66. The number of hydrogen-bond acceptors (Lipinski definition) is 3. The van der Waals surface area contributed by atoms with Gasteiger partial charge in [0.2, 0.25) is 0 Å². The van der Waals surface area contributed by atoms with Crippen molar-refractivity contribution in [2.75, 3.05) is 11.5 Å². The van der Waals surface area contributed by atoms with Gasteiger partial charge in [-0.25, -0.2) is 0 Å². The van der Waals surface area contributed by atoms with Gasteiger partial charge in [0, 0.05) is 0 Å². The van der Waals surface area contributed by atoms with E-state index in [0.717, 1.165) is 5.56 Å². The van der Waals surface area contributed by atoms with Crippen LogP contribution in [0.25, 0.3) is 0 Å². The molecule has 16 heavy (non-hydrogen) atoms. The molecule has 3 heteroatoms. The van der Waals surface area contributed by atoms with Crippen molar-refractivity contribution in [1.82, 2.24) is 0 Å². The molecular formula is C13H18N2O. The molecule has 0 saturated carbocycles. The Kier molecular flexibility index (Phi) is 3.74. The first-order chi connectivity index (χ1) is 7.53. The van der Waals surface area contributed by atoms with E-state index < -0.39 is 5.60 Å². The monoisotopic (exact) mass is 218 g/mol. The van der Waals surface area contributed by atoms with E-state index in [1.807, 2.05) is 0 Å². The molecule has 0 aliphatic carbocycles. The van der Waals surface area contributed by atoms with Gasteiger partial charge >= 0.3 is 0 Å². The molecule has 5 N–H and O–H groups in total. The van der Waals surface area contributed by atoms with Crippen molar-refractivity contribution in [2.24, 2.45) is 0 Å². The van der Waals surface area contributed by atoms with Crippen LogP contribution in [0.1, 0.15) is 18.4 Å². The summed E-state index contributed by atoms with van der Waals surface area (Å²) in [6, 6.07) is 5.17. The lowest BCUT2D eigenvalue weighted by Crippen LogP contribution is -2.24. The van der Waals surface area contributed by atoms with Crippen molar-refractivity contribution in [1.29, 1.82) is 0 Å². The average Bonchev–Trinajstić information content (AvgIpc) is 2.22. The first kappa shape index (κ1) is 12.3. The molecule has 0 heterocycles. The Morgan fingerprint density at radius 1 is 1.12 bits per heavy atom.